The van der Waals surface area contributed by atoms with E-state index in [4.69, 9.17) is 0 Å². The maximum absolute atomic E-state index is 11.3. The predicted molar refractivity (Wildman–Crippen MR) is 56.1 cm³/mol. The highest BCUT2D eigenvalue weighted by Gasteiger charge is 1.99. The molecule has 7 nitrogen and oxygen atoms in total. The van der Waals surface area contributed by atoms with Crippen LogP contribution in [0.2, 0.25) is 0 Å². The third-order valence-electron chi connectivity index (χ3n) is 1.70. The van der Waals surface area contributed by atoms with E-state index in [9.17, 15) is 4.79 Å². The smallest absolute Gasteiger partial charge is 0.250 e. The molecule has 0 fully saturated rings. The zero-order valence-electron chi connectivity index (χ0n) is 8.16. The van der Waals surface area contributed by atoms with E-state index >= 15 is 0 Å². The highest BCUT2D eigenvalue weighted by molar-refractivity contribution is 6.00. The van der Waals surface area contributed by atoms with E-state index in [2.05, 4.69) is 30.9 Å². The van der Waals surface area contributed by atoms with Crippen LogP contribution in [-0.4, -0.2) is 31.5 Å². The van der Waals surface area contributed by atoms with Crippen molar-refractivity contribution in [3.05, 3.63) is 36.2 Å². The van der Waals surface area contributed by atoms with Crippen LogP contribution in [-0.2, 0) is 4.79 Å². The average molecular weight is 216 g/mol. The lowest BCUT2D eigenvalue weighted by Crippen LogP contribution is -2.09. The van der Waals surface area contributed by atoms with Gasteiger partial charge in [0.1, 0.15) is 0 Å². The van der Waals surface area contributed by atoms with Crippen LogP contribution >= 0.6 is 0 Å². The van der Waals surface area contributed by atoms with E-state index < -0.39 is 0 Å². The molecule has 2 heterocycles. The van der Waals surface area contributed by atoms with Crippen LogP contribution < -0.4 is 5.32 Å². The fourth-order valence-electron chi connectivity index (χ4n) is 1.02. The Labute approximate surface area is 90.6 Å². The molecule has 7 heteroatoms. The Hall–Kier alpha value is -2.57. The first-order valence-electron chi connectivity index (χ1n) is 4.47. The van der Waals surface area contributed by atoms with E-state index in [0.29, 0.717) is 0 Å². The SMILES string of the molecule is O=C(C=Cc1cccnc1)Nc1nnn[nH]1. The van der Waals surface area contributed by atoms with Crippen LogP contribution in [0.15, 0.2) is 30.6 Å². The second kappa shape index (κ2) is 4.78. The standard InChI is InChI=1S/C9H8N6O/c16-8(11-9-12-14-15-13-9)4-3-7-2-1-5-10-6-7/h1-6H,(H2,11,12,13,14,15,16). The zero-order chi connectivity index (χ0) is 11.2. The molecule has 2 N–H and O–H groups in total. The molecule has 0 aliphatic heterocycles. The molecule has 0 bridgehead atoms. The van der Waals surface area contributed by atoms with Crippen molar-refractivity contribution in [2.45, 2.75) is 0 Å². The molecule has 2 rings (SSSR count). The summed E-state index contributed by atoms with van der Waals surface area (Å²) >= 11 is 0. The van der Waals surface area contributed by atoms with Gasteiger partial charge in [0.15, 0.2) is 0 Å². The first kappa shape index (κ1) is 9.97. The van der Waals surface area contributed by atoms with Crippen LogP contribution in [0, 0.1) is 0 Å². The van der Waals surface area contributed by atoms with Gasteiger partial charge in [-0.15, -0.1) is 0 Å². The highest BCUT2D eigenvalue weighted by Crippen LogP contribution is 1.99. The quantitative estimate of drug-likeness (QED) is 0.716. The summed E-state index contributed by atoms with van der Waals surface area (Å²) in [5, 5.41) is 15.0. The molecule has 0 aliphatic carbocycles. The summed E-state index contributed by atoms with van der Waals surface area (Å²) in [6.45, 7) is 0. The number of aromatic amines is 1. The van der Waals surface area contributed by atoms with Crippen LogP contribution in [0.25, 0.3) is 6.08 Å². The molecule has 0 saturated heterocycles. The number of amides is 1. The number of rotatable bonds is 3. The summed E-state index contributed by atoms with van der Waals surface area (Å²) in [5.74, 6) is -0.108. The second-order valence-corrected chi connectivity index (χ2v) is 2.86. The fraction of sp³-hybridized carbons (Fsp3) is 0. The lowest BCUT2D eigenvalue weighted by atomic mass is 10.2. The van der Waals surface area contributed by atoms with Gasteiger partial charge in [-0.1, -0.05) is 11.2 Å². The Morgan fingerprint density at radius 2 is 2.44 bits per heavy atom. The van der Waals surface area contributed by atoms with Crippen molar-refractivity contribution < 1.29 is 4.79 Å². The van der Waals surface area contributed by atoms with Gasteiger partial charge in [0.25, 0.3) is 5.91 Å². The van der Waals surface area contributed by atoms with Gasteiger partial charge < -0.3 is 0 Å². The number of nitrogens with zero attached hydrogens (tertiary/aromatic N) is 4. The molecule has 1 amide bonds. The average Bonchev–Trinajstić information content (AvgIpc) is 2.81. The van der Waals surface area contributed by atoms with Gasteiger partial charge in [0, 0.05) is 18.5 Å². The van der Waals surface area contributed by atoms with Crippen molar-refractivity contribution in [2.24, 2.45) is 0 Å². The number of H-pyrrole nitrogens is 1. The topological polar surface area (TPSA) is 96.5 Å². The lowest BCUT2D eigenvalue weighted by Gasteiger charge is -1.94. The van der Waals surface area contributed by atoms with Crippen molar-refractivity contribution in [1.29, 1.82) is 0 Å². The summed E-state index contributed by atoms with van der Waals surface area (Å²) in [6.07, 6.45) is 6.34. The molecule has 0 saturated carbocycles. The van der Waals surface area contributed by atoms with Crippen LogP contribution in [0.1, 0.15) is 5.56 Å². The van der Waals surface area contributed by atoms with E-state index in [1.165, 1.54) is 6.08 Å². The second-order valence-electron chi connectivity index (χ2n) is 2.86. The van der Waals surface area contributed by atoms with Gasteiger partial charge in [0.2, 0.25) is 5.95 Å². The van der Waals surface area contributed by atoms with Crippen LogP contribution in [0.3, 0.4) is 0 Å². The Morgan fingerprint density at radius 3 is 3.12 bits per heavy atom. The molecule has 2 aromatic rings. The summed E-state index contributed by atoms with van der Waals surface area (Å²) in [7, 11) is 0. The van der Waals surface area contributed by atoms with Gasteiger partial charge in [0.05, 0.1) is 0 Å². The minimum atomic E-state index is -0.317. The molecular formula is C9H8N6O. The minimum Gasteiger partial charge on any atom is -0.290 e. The Bertz CT molecular complexity index is 478. The molecule has 0 atom stereocenters. The Kier molecular flexibility index (Phi) is 2.98. The van der Waals surface area contributed by atoms with Crippen molar-refractivity contribution in [3.8, 4) is 0 Å². The lowest BCUT2D eigenvalue weighted by molar-refractivity contribution is -0.111. The summed E-state index contributed by atoms with van der Waals surface area (Å²) in [6, 6.07) is 3.63. The van der Waals surface area contributed by atoms with Crippen LogP contribution in [0.5, 0.6) is 0 Å². The van der Waals surface area contributed by atoms with E-state index in [1.54, 1.807) is 24.5 Å². The monoisotopic (exact) mass is 216 g/mol. The molecule has 0 aliphatic rings. The van der Waals surface area contributed by atoms with E-state index in [-0.39, 0.29) is 11.9 Å². The van der Waals surface area contributed by atoms with Crippen LogP contribution in [0.4, 0.5) is 5.95 Å². The minimum absolute atomic E-state index is 0.209. The maximum Gasteiger partial charge on any atom is 0.250 e. The van der Waals surface area contributed by atoms with E-state index in [1.807, 2.05) is 6.07 Å². The molecule has 0 unspecified atom stereocenters. The summed E-state index contributed by atoms with van der Waals surface area (Å²) in [4.78, 5) is 15.3. The largest absolute Gasteiger partial charge is 0.290 e. The number of hydrogen-bond donors (Lipinski definition) is 2. The highest BCUT2D eigenvalue weighted by atomic mass is 16.1. The maximum atomic E-state index is 11.3. The fourth-order valence-corrected chi connectivity index (χ4v) is 1.02. The normalized spacial score (nSPS) is 10.5. The molecule has 0 radical (unpaired) electrons. The third kappa shape index (κ3) is 2.71. The third-order valence-corrected chi connectivity index (χ3v) is 1.70. The first-order chi connectivity index (χ1) is 7.84. The number of anilines is 1. The van der Waals surface area contributed by atoms with Gasteiger partial charge in [-0.25, -0.2) is 5.10 Å². The van der Waals surface area contributed by atoms with Crippen molar-refractivity contribution in [3.63, 3.8) is 0 Å². The predicted octanol–water partition coefficient (Wildman–Crippen LogP) is 0.247. The Balaban J connectivity index is 1.95. The van der Waals surface area contributed by atoms with Crippen molar-refractivity contribution >= 4 is 17.9 Å². The number of hydrogen-bond acceptors (Lipinski definition) is 5. The molecular weight excluding hydrogens is 208 g/mol. The van der Waals surface area contributed by atoms with Gasteiger partial charge in [-0.3, -0.25) is 15.1 Å². The van der Waals surface area contributed by atoms with Gasteiger partial charge in [-0.2, -0.15) is 0 Å². The molecule has 0 spiro atoms. The Morgan fingerprint density at radius 1 is 1.50 bits per heavy atom. The number of carbonyl (C=O) groups is 1. The van der Waals surface area contributed by atoms with Crippen molar-refractivity contribution in [2.75, 3.05) is 5.32 Å². The number of pyridine rings is 1. The molecule has 16 heavy (non-hydrogen) atoms. The number of carbonyl (C=O) groups excluding carboxylic acids is 1. The van der Waals surface area contributed by atoms with Crippen molar-refractivity contribution in [1.82, 2.24) is 25.6 Å². The van der Waals surface area contributed by atoms with Gasteiger partial charge in [-0.05, 0) is 28.1 Å². The first-order valence-corrected chi connectivity index (χ1v) is 4.47. The number of nitrogens with one attached hydrogen (secondary N) is 2. The number of aromatic nitrogens is 5. The molecule has 0 aromatic carbocycles. The van der Waals surface area contributed by atoms with E-state index in [0.717, 1.165) is 5.56 Å². The number of tetrazole rings is 1. The van der Waals surface area contributed by atoms with Gasteiger partial charge >= 0.3 is 0 Å². The molecule has 2 aromatic heterocycles. The summed E-state index contributed by atoms with van der Waals surface area (Å²) in [5.41, 5.74) is 0.841. The zero-order valence-corrected chi connectivity index (χ0v) is 8.16. The summed E-state index contributed by atoms with van der Waals surface area (Å²) < 4.78 is 0. The molecule has 80 valence electrons.